The van der Waals surface area contributed by atoms with Gasteiger partial charge in [0.2, 0.25) is 0 Å². The highest BCUT2D eigenvalue weighted by atomic mass is 15.3. The van der Waals surface area contributed by atoms with Gasteiger partial charge in [-0.05, 0) is 38.8 Å². The van der Waals surface area contributed by atoms with Gasteiger partial charge >= 0.3 is 0 Å². The van der Waals surface area contributed by atoms with Crippen molar-refractivity contribution >= 4 is 0 Å². The third-order valence-electron chi connectivity index (χ3n) is 3.73. The quantitative estimate of drug-likeness (QED) is 0.814. The van der Waals surface area contributed by atoms with E-state index >= 15 is 0 Å². The van der Waals surface area contributed by atoms with Crippen LogP contribution in [0.5, 0.6) is 0 Å². The van der Waals surface area contributed by atoms with Gasteiger partial charge in [-0.15, -0.1) is 0 Å². The number of hydrogen-bond donors (Lipinski definition) is 1. The van der Waals surface area contributed by atoms with Crippen LogP contribution in [0.15, 0.2) is 0 Å². The van der Waals surface area contributed by atoms with Crippen molar-refractivity contribution in [3.63, 3.8) is 0 Å². The normalized spacial score (nSPS) is 26.1. The zero-order chi connectivity index (χ0) is 13.1. The lowest BCUT2D eigenvalue weighted by Crippen LogP contribution is -2.50. The third-order valence-corrected chi connectivity index (χ3v) is 3.73. The molecule has 102 valence electrons. The molecular formula is C14H31N3. The summed E-state index contributed by atoms with van der Waals surface area (Å²) in [5, 5.41) is 0. The summed E-state index contributed by atoms with van der Waals surface area (Å²) in [6.45, 7) is 13.9. The highest BCUT2D eigenvalue weighted by Gasteiger charge is 2.21. The lowest BCUT2D eigenvalue weighted by atomic mass is 9.87. The van der Waals surface area contributed by atoms with Gasteiger partial charge in [0.25, 0.3) is 0 Å². The molecule has 3 heteroatoms. The summed E-state index contributed by atoms with van der Waals surface area (Å²) in [7, 11) is 2.22. The minimum absolute atomic E-state index is 0.352. The molecule has 0 amide bonds. The number of rotatable bonds is 4. The minimum Gasteiger partial charge on any atom is -0.328 e. The fourth-order valence-electron chi connectivity index (χ4n) is 2.56. The van der Waals surface area contributed by atoms with Crippen molar-refractivity contribution in [1.82, 2.24) is 9.80 Å². The van der Waals surface area contributed by atoms with Gasteiger partial charge in [-0.1, -0.05) is 20.8 Å². The fourth-order valence-corrected chi connectivity index (χ4v) is 2.56. The molecule has 0 bridgehead atoms. The molecule has 0 aromatic heterocycles. The van der Waals surface area contributed by atoms with Gasteiger partial charge in [0.1, 0.15) is 0 Å². The molecule has 0 radical (unpaired) electrons. The molecule has 1 aliphatic rings. The highest BCUT2D eigenvalue weighted by molar-refractivity contribution is 4.78. The Balaban J connectivity index is 2.22. The maximum atomic E-state index is 6.20. The van der Waals surface area contributed by atoms with Crippen LogP contribution in [0.4, 0.5) is 0 Å². The molecule has 17 heavy (non-hydrogen) atoms. The van der Waals surface area contributed by atoms with Gasteiger partial charge in [0.15, 0.2) is 0 Å². The van der Waals surface area contributed by atoms with Gasteiger partial charge in [-0.3, -0.25) is 0 Å². The molecule has 1 rings (SSSR count). The number of likely N-dealkylation sites (N-methyl/N-ethyl adjacent to an activating group) is 1. The Morgan fingerprint density at radius 1 is 1.29 bits per heavy atom. The third kappa shape index (κ3) is 5.84. The molecule has 2 unspecified atom stereocenters. The molecular weight excluding hydrogens is 210 g/mol. The first kappa shape index (κ1) is 14.9. The summed E-state index contributed by atoms with van der Waals surface area (Å²) in [5.41, 5.74) is 6.56. The van der Waals surface area contributed by atoms with E-state index in [2.05, 4.69) is 44.5 Å². The van der Waals surface area contributed by atoms with Gasteiger partial charge in [-0.25, -0.2) is 0 Å². The largest absolute Gasteiger partial charge is 0.328 e. The zero-order valence-electron chi connectivity index (χ0n) is 12.4. The van der Waals surface area contributed by atoms with E-state index in [0.29, 0.717) is 17.5 Å². The molecule has 3 nitrogen and oxygen atoms in total. The first-order chi connectivity index (χ1) is 7.78. The molecule has 0 saturated carbocycles. The van der Waals surface area contributed by atoms with E-state index in [-0.39, 0.29) is 0 Å². The van der Waals surface area contributed by atoms with Crippen molar-refractivity contribution < 1.29 is 0 Å². The summed E-state index contributed by atoms with van der Waals surface area (Å²) in [6.07, 6.45) is 2.25. The lowest BCUT2D eigenvalue weighted by molar-refractivity contribution is 0.101. The smallest absolute Gasteiger partial charge is 0.0192 e. The number of nitrogens with zero attached hydrogens (tertiary/aromatic N) is 2. The van der Waals surface area contributed by atoms with Crippen molar-refractivity contribution in [2.75, 3.05) is 33.2 Å². The second-order valence-corrected chi connectivity index (χ2v) is 6.94. The summed E-state index contributed by atoms with van der Waals surface area (Å²) < 4.78 is 0. The SMILES string of the molecule is CC1CN(CCC(N)CC(C)(C)C)CCN1C. The lowest BCUT2D eigenvalue weighted by Gasteiger charge is -2.38. The average Bonchev–Trinajstić information content (AvgIpc) is 2.17. The van der Waals surface area contributed by atoms with Crippen LogP contribution >= 0.6 is 0 Å². The van der Waals surface area contributed by atoms with E-state index in [1.807, 2.05) is 0 Å². The van der Waals surface area contributed by atoms with Gasteiger partial charge in [0, 0.05) is 31.7 Å². The van der Waals surface area contributed by atoms with Crippen molar-refractivity contribution in [3.8, 4) is 0 Å². The van der Waals surface area contributed by atoms with E-state index in [1.54, 1.807) is 0 Å². The van der Waals surface area contributed by atoms with Crippen LogP contribution in [0.25, 0.3) is 0 Å². The molecule has 0 aliphatic carbocycles. The van der Waals surface area contributed by atoms with E-state index in [4.69, 9.17) is 5.73 Å². The van der Waals surface area contributed by atoms with Crippen molar-refractivity contribution in [2.45, 2.75) is 52.6 Å². The molecule has 2 atom stereocenters. The average molecular weight is 241 g/mol. The Morgan fingerprint density at radius 3 is 2.47 bits per heavy atom. The predicted molar refractivity (Wildman–Crippen MR) is 75.2 cm³/mol. The van der Waals surface area contributed by atoms with Gasteiger partial charge < -0.3 is 15.5 Å². The Morgan fingerprint density at radius 2 is 1.94 bits per heavy atom. The standard InChI is InChI=1S/C14H31N3/c1-12-11-17(9-8-16(12)5)7-6-13(15)10-14(2,3)4/h12-13H,6-11,15H2,1-5H3. The summed E-state index contributed by atoms with van der Waals surface area (Å²) >= 11 is 0. The van der Waals surface area contributed by atoms with Crippen LogP contribution in [0, 0.1) is 5.41 Å². The van der Waals surface area contributed by atoms with Crippen molar-refractivity contribution in [1.29, 1.82) is 0 Å². The number of piperazine rings is 1. The van der Waals surface area contributed by atoms with Crippen molar-refractivity contribution in [2.24, 2.45) is 11.1 Å². The second kappa shape index (κ2) is 6.17. The number of nitrogens with two attached hydrogens (primary N) is 1. The molecule has 1 saturated heterocycles. The first-order valence-electron chi connectivity index (χ1n) is 6.96. The minimum atomic E-state index is 0.352. The molecule has 1 aliphatic heterocycles. The van der Waals surface area contributed by atoms with E-state index in [0.717, 1.165) is 19.4 Å². The van der Waals surface area contributed by atoms with E-state index in [1.165, 1.54) is 19.6 Å². The summed E-state index contributed by atoms with van der Waals surface area (Å²) in [4.78, 5) is 5.00. The summed E-state index contributed by atoms with van der Waals surface area (Å²) in [6, 6.07) is 1.03. The molecule has 2 N–H and O–H groups in total. The predicted octanol–water partition coefficient (Wildman–Crippen LogP) is 1.78. The molecule has 0 spiro atoms. The van der Waals surface area contributed by atoms with Crippen LogP contribution < -0.4 is 5.73 Å². The zero-order valence-corrected chi connectivity index (χ0v) is 12.4. The first-order valence-corrected chi connectivity index (χ1v) is 6.96. The Kier molecular flexibility index (Phi) is 5.42. The van der Waals surface area contributed by atoms with Crippen LogP contribution in [0.3, 0.4) is 0 Å². The van der Waals surface area contributed by atoms with E-state index < -0.39 is 0 Å². The second-order valence-electron chi connectivity index (χ2n) is 6.94. The monoisotopic (exact) mass is 241 g/mol. The fraction of sp³-hybridized carbons (Fsp3) is 1.00. The number of hydrogen-bond acceptors (Lipinski definition) is 3. The van der Waals surface area contributed by atoms with Crippen molar-refractivity contribution in [3.05, 3.63) is 0 Å². The molecule has 1 heterocycles. The Bertz CT molecular complexity index is 222. The molecule has 0 aromatic rings. The maximum Gasteiger partial charge on any atom is 0.0192 e. The summed E-state index contributed by atoms with van der Waals surface area (Å²) in [5.74, 6) is 0. The Hall–Kier alpha value is -0.120. The maximum absolute atomic E-state index is 6.20. The van der Waals surface area contributed by atoms with Gasteiger partial charge in [-0.2, -0.15) is 0 Å². The van der Waals surface area contributed by atoms with Gasteiger partial charge in [0.05, 0.1) is 0 Å². The van der Waals surface area contributed by atoms with Crippen LogP contribution in [-0.4, -0.2) is 55.1 Å². The molecule has 0 aromatic carbocycles. The molecule has 1 fully saturated rings. The van der Waals surface area contributed by atoms with Crippen LogP contribution in [0.2, 0.25) is 0 Å². The Labute approximate surface area is 107 Å². The van der Waals surface area contributed by atoms with E-state index in [9.17, 15) is 0 Å². The van der Waals surface area contributed by atoms with Crippen LogP contribution in [-0.2, 0) is 0 Å². The topological polar surface area (TPSA) is 32.5 Å². The van der Waals surface area contributed by atoms with Crippen LogP contribution in [0.1, 0.15) is 40.5 Å². The highest BCUT2D eigenvalue weighted by Crippen LogP contribution is 2.21.